The topological polar surface area (TPSA) is 21.3 Å². The molecule has 0 aromatic heterocycles. The van der Waals surface area contributed by atoms with Crippen molar-refractivity contribution in [2.45, 2.75) is 19.3 Å². The van der Waals surface area contributed by atoms with Crippen LogP contribution in [0.3, 0.4) is 0 Å². The van der Waals surface area contributed by atoms with Gasteiger partial charge in [0.25, 0.3) is 0 Å². The van der Waals surface area contributed by atoms with Crippen LogP contribution >= 0.6 is 23.2 Å². The van der Waals surface area contributed by atoms with Crippen molar-refractivity contribution in [3.05, 3.63) is 33.8 Å². The molecule has 0 aliphatic rings. The second-order valence-electron chi connectivity index (χ2n) is 4.37. The lowest BCUT2D eigenvalue weighted by atomic mass is 9.85. The van der Waals surface area contributed by atoms with Gasteiger partial charge >= 0.3 is 0 Å². The van der Waals surface area contributed by atoms with Crippen molar-refractivity contribution in [1.82, 2.24) is 5.32 Å². The molecule has 1 aromatic carbocycles. The first kappa shape index (κ1) is 13.8. The summed E-state index contributed by atoms with van der Waals surface area (Å²) in [6.07, 6.45) is 0. The summed E-state index contributed by atoms with van der Waals surface area (Å²) in [7, 11) is 1.67. The standard InChI is InChI=1S/C12H17Cl2NO/c1-12(2,7-15-8-16-3)9-4-5-10(13)11(14)6-9/h4-6,15H,7-8H2,1-3H3. The maximum Gasteiger partial charge on any atom is 0.0961 e. The molecule has 0 atom stereocenters. The van der Waals surface area contributed by atoms with E-state index in [1.807, 2.05) is 18.2 Å². The van der Waals surface area contributed by atoms with Crippen LogP contribution in [-0.2, 0) is 10.2 Å². The molecular formula is C12H17Cl2NO. The van der Waals surface area contributed by atoms with E-state index in [0.717, 1.165) is 12.1 Å². The fraction of sp³-hybridized carbons (Fsp3) is 0.500. The van der Waals surface area contributed by atoms with Crippen LogP contribution in [0.1, 0.15) is 19.4 Å². The van der Waals surface area contributed by atoms with Crippen LogP contribution in [0.2, 0.25) is 10.0 Å². The molecule has 1 rings (SSSR count). The molecule has 0 amide bonds. The summed E-state index contributed by atoms with van der Waals surface area (Å²) in [6.45, 7) is 5.66. The molecule has 0 saturated carbocycles. The Morgan fingerprint density at radius 3 is 2.50 bits per heavy atom. The molecule has 0 spiro atoms. The van der Waals surface area contributed by atoms with Gasteiger partial charge in [0.1, 0.15) is 0 Å². The van der Waals surface area contributed by atoms with Gasteiger partial charge in [0.05, 0.1) is 16.8 Å². The molecule has 16 heavy (non-hydrogen) atoms. The van der Waals surface area contributed by atoms with Crippen LogP contribution in [0.5, 0.6) is 0 Å². The molecule has 2 nitrogen and oxygen atoms in total. The lowest BCUT2D eigenvalue weighted by molar-refractivity contribution is 0.169. The highest BCUT2D eigenvalue weighted by molar-refractivity contribution is 6.42. The van der Waals surface area contributed by atoms with E-state index < -0.39 is 0 Å². The predicted molar refractivity (Wildman–Crippen MR) is 69.4 cm³/mol. The molecule has 0 saturated heterocycles. The van der Waals surface area contributed by atoms with Crippen molar-refractivity contribution in [3.8, 4) is 0 Å². The van der Waals surface area contributed by atoms with Crippen molar-refractivity contribution in [2.75, 3.05) is 20.4 Å². The molecule has 0 fully saturated rings. The van der Waals surface area contributed by atoms with E-state index in [1.54, 1.807) is 7.11 Å². The van der Waals surface area contributed by atoms with E-state index in [1.165, 1.54) is 0 Å². The average Bonchev–Trinajstić information content (AvgIpc) is 2.22. The van der Waals surface area contributed by atoms with E-state index >= 15 is 0 Å². The van der Waals surface area contributed by atoms with Gasteiger partial charge in [-0.05, 0) is 17.7 Å². The molecule has 0 unspecified atom stereocenters. The third-order valence-electron chi connectivity index (χ3n) is 2.51. The smallest absolute Gasteiger partial charge is 0.0961 e. The monoisotopic (exact) mass is 261 g/mol. The molecule has 0 aliphatic heterocycles. The Morgan fingerprint density at radius 1 is 1.25 bits per heavy atom. The fourth-order valence-corrected chi connectivity index (χ4v) is 1.78. The summed E-state index contributed by atoms with van der Waals surface area (Å²) in [5.74, 6) is 0. The molecule has 0 radical (unpaired) electrons. The molecule has 4 heteroatoms. The Bertz CT molecular complexity index is 353. The quantitative estimate of drug-likeness (QED) is 0.648. The van der Waals surface area contributed by atoms with Crippen LogP contribution in [0.15, 0.2) is 18.2 Å². The van der Waals surface area contributed by atoms with Gasteiger partial charge in [0.15, 0.2) is 0 Å². The predicted octanol–water partition coefficient (Wildman–Crippen LogP) is 3.46. The van der Waals surface area contributed by atoms with E-state index in [-0.39, 0.29) is 5.41 Å². The summed E-state index contributed by atoms with van der Waals surface area (Å²) in [5.41, 5.74) is 1.15. The molecule has 1 aromatic rings. The highest BCUT2D eigenvalue weighted by Gasteiger charge is 2.20. The SMILES string of the molecule is COCNCC(C)(C)c1ccc(Cl)c(Cl)c1. The minimum Gasteiger partial charge on any atom is -0.370 e. The Kier molecular flexibility index (Phi) is 5.06. The third-order valence-corrected chi connectivity index (χ3v) is 3.25. The number of hydrogen-bond acceptors (Lipinski definition) is 2. The molecular weight excluding hydrogens is 245 g/mol. The number of methoxy groups -OCH3 is 1. The van der Waals surface area contributed by atoms with Crippen molar-refractivity contribution in [2.24, 2.45) is 0 Å². The zero-order valence-corrected chi connectivity index (χ0v) is 11.3. The molecule has 90 valence electrons. The number of benzene rings is 1. The van der Waals surface area contributed by atoms with Gasteiger partial charge in [0.2, 0.25) is 0 Å². The average molecular weight is 262 g/mol. The molecule has 0 heterocycles. The normalized spacial score (nSPS) is 11.8. The van der Waals surface area contributed by atoms with Crippen LogP contribution in [0.4, 0.5) is 0 Å². The second-order valence-corrected chi connectivity index (χ2v) is 5.19. The third kappa shape index (κ3) is 3.63. The minimum absolute atomic E-state index is 0.00718. The summed E-state index contributed by atoms with van der Waals surface area (Å²) in [4.78, 5) is 0. The lowest BCUT2D eigenvalue weighted by Gasteiger charge is -2.26. The first-order valence-electron chi connectivity index (χ1n) is 5.12. The lowest BCUT2D eigenvalue weighted by Crippen LogP contribution is -2.33. The van der Waals surface area contributed by atoms with Crippen molar-refractivity contribution in [3.63, 3.8) is 0 Å². The Labute approximate surface area is 107 Å². The van der Waals surface area contributed by atoms with E-state index in [2.05, 4.69) is 19.2 Å². The molecule has 1 N–H and O–H groups in total. The first-order chi connectivity index (χ1) is 7.47. The summed E-state index contributed by atoms with van der Waals surface area (Å²) < 4.78 is 4.96. The molecule has 0 bridgehead atoms. The number of hydrogen-bond donors (Lipinski definition) is 1. The number of nitrogens with one attached hydrogen (secondary N) is 1. The van der Waals surface area contributed by atoms with Crippen LogP contribution in [0.25, 0.3) is 0 Å². The van der Waals surface area contributed by atoms with E-state index in [0.29, 0.717) is 16.8 Å². The van der Waals surface area contributed by atoms with Crippen LogP contribution < -0.4 is 5.32 Å². The Hall–Kier alpha value is -0.280. The van der Waals surface area contributed by atoms with Crippen molar-refractivity contribution in [1.29, 1.82) is 0 Å². The summed E-state index contributed by atoms with van der Waals surface area (Å²) in [5, 5.41) is 4.39. The Balaban J connectivity index is 2.76. The van der Waals surface area contributed by atoms with Gasteiger partial charge in [-0.1, -0.05) is 43.1 Å². The first-order valence-corrected chi connectivity index (χ1v) is 5.88. The maximum atomic E-state index is 6.00. The largest absolute Gasteiger partial charge is 0.370 e. The maximum absolute atomic E-state index is 6.00. The fourth-order valence-electron chi connectivity index (χ4n) is 1.48. The van der Waals surface area contributed by atoms with Gasteiger partial charge in [-0.3, -0.25) is 5.32 Å². The minimum atomic E-state index is -0.00718. The van der Waals surface area contributed by atoms with Gasteiger partial charge < -0.3 is 4.74 Å². The number of halogens is 2. The second kappa shape index (κ2) is 5.87. The van der Waals surface area contributed by atoms with Crippen LogP contribution in [0, 0.1) is 0 Å². The van der Waals surface area contributed by atoms with Gasteiger partial charge in [-0.15, -0.1) is 0 Å². The van der Waals surface area contributed by atoms with Crippen molar-refractivity contribution < 1.29 is 4.74 Å². The van der Waals surface area contributed by atoms with Crippen LogP contribution in [-0.4, -0.2) is 20.4 Å². The molecule has 0 aliphatic carbocycles. The zero-order chi connectivity index (χ0) is 12.2. The van der Waals surface area contributed by atoms with Gasteiger partial charge in [-0.25, -0.2) is 0 Å². The van der Waals surface area contributed by atoms with E-state index in [9.17, 15) is 0 Å². The van der Waals surface area contributed by atoms with Crippen molar-refractivity contribution >= 4 is 23.2 Å². The summed E-state index contributed by atoms with van der Waals surface area (Å²) >= 11 is 11.9. The van der Waals surface area contributed by atoms with Gasteiger partial charge in [0, 0.05) is 19.1 Å². The highest BCUT2D eigenvalue weighted by atomic mass is 35.5. The Morgan fingerprint density at radius 2 is 1.94 bits per heavy atom. The van der Waals surface area contributed by atoms with Gasteiger partial charge in [-0.2, -0.15) is 0 Å². The zero-order valence-electron chi connectivity index (χ0n) is 9.81. The highest BCUT2D eigenvalue weighted by Crippen LogP contribution is 2.29. The van der Waals surface area contributed by atoms with E-state index in [4.69, 9.17) is 27.9 Å². The summed E-state index contributed by atoms with van der Waals surface area (Å²) in [6, 6.07) is 5.75. The number of rotatable bonds is 5. The number of ether oxygens (including phenoxy) is 1.